The van der Waals surface area contributed by atoms with Crippen LogP contribution in [0.1, 0.15) is 51.4 Å². The molecule has 2 aliphatic rings. The maximum absolute atomic E-state index is 12.7. The lowest BCUT2D eigenvalue weighted by atomic mass is 9.71. The standard InChI is InChI=1S/C21H33N3O2.2ClH/c1-26-19-9-5-8-18(13-19)24-12-6-7-17(15-24)23-20(25)14-21(16-22)10-3-2-4-11-21;;/h5,8-9,13,17H,2-4,6-7,10-12,14-16,22H2,1H3,(H,23,25);2*1H. The molecule has 28 heavy (non-hydrogen) atoms. The number of piperidine rings is 1. The Hall–Kier alpha value is -1.17. The Kier molecular flexibility index (Phi) is 10.4. The predicted molar refractivity (Wildman–Crippen MR) is 120 cm³/mol. The average molecular weight is 432 g/mol. The molecule has 0 aromatic heterocycles. The van der Waals surface area contributed by atoms with Crippen LogP contribution in [0.5, 0.6) is 5.75 Å². The van der Waals surface area contributed by atoms with Crippen LogP contribution >= 0.6 is 24.8 Å². The topological polar surface area (TPSA) is 67.6 Å². The molecule has 0 bridgehead atoms. The quantitative estimate of drug-likeness (QED) is 0.715. The summed E-state index contributed by atoms with van der Waals surface area (Å²) in [5, 5.41) is 3.29. The number of carbonyl (C=O) groups excluding carboxylic acids is 1. The molecule has 1 unspecified atom stereocenters. The monoisotopic (exact) mass is 431 g/mol. The maximum Gasteiger partial charge on any atom is 0.220 e. The van der Waals surface area contributed by atoms with E-state index < -0.39 is 0 Å². The molecular formula is C21H35Cl2N3O2. The van der Waals surface area contributed by atoms with E-state index in [0.29, 0.717) is 13.0 Å². The van der Waals surface area contributed by atoms with Crippen LogP contribution in [0, 0.1) is 5.41 Å². The first-order valence-electron chi connectivity index (χ1n) is 10.0. The zero-order chi connectivity index (χ0) is 18.4. The van der Waals surface area contributed by atoms with Crippen LogP contribution < -0.4 is 20.7 Å². The van der Waals surface area contributed by atoms with Crippen molar-refractivity contribution in [2.45, 2.75) is 57.4 Å². The van der Waals surface area contributed by atoms with Gasteiger partial charge in [0, 0.05) is 37.3 Å². The fourth-order valence-corrected chi connectivity index (χ4v) is 4.51. The number of hydrogen-bond acceptors (Lipinski definition) is 4. The van der Waals surface area contributed by atoms with Gasteiger partial charge < -0.3 is 20.7 Å². The molecule has 1 aliphatic carbocycles. The van der Waals surface area contributed by atoms with Gasteiger partial charge in [-0.3, -0.25) is 4.79 Å². The largest absolute Gasteiger partial charge is 0.497 e. The highest BCUT2D eigenvalue weighted by atomic mass is 35.5. The first-order chi connectivity index (χ1) is 12.6. The van der Waals surface area contributed by atoms with Gasteiger partial charge in [0.05, 0.1) is 7.11 Å². The van der Waals surface area contributed by atoms with E-state index in [0.717, 1.165) is 50.2 Å². The van der Waals surface area contributed by atoms with Crippen LogP contribution in [-0.2, 0) is 4.79 Å². The third kappa shape index (κ3) is 6.43. The van der Waals surface area contributed by atoms with Crippen LogP contribution in [0.2, 0.25) is 0 Å². The van der Waals surface area contributed by atoms with E-state index in [9.17, 15) is 4.79 Å². The number of hydrogen-bond donors (Lipinski definition) is 2. The van der Waals surface area contributed by atoms with Crippen molar-refractivity contribution in [2.75, 3.05) is 31.6 Å². The van der Waals surface area contributed by atoms with E-state index >= 15 is 0 Å². The van der Waals surface area contributed by atoms with Crippen molar-refractivity contribution in [3.05, 3.63) is 24.3 Å². The normalized spacial score (nSPS) is 21.1. The molecule has 1 saturated heterocycles. The molecule has 7 heteroatoms. The Labute approximate surface area is 181 Å². The molecule has 3 N–H and O–H groups in total. The van der Waals surface area contributed by atoms with Crippen LogP contribution in [0.25, 0.3) is 0 Å². The van der Waals surface area contributed by atoms with E-state index in [1.165, 1.54) is 19.3 Å². The van der Waals surface area contributed by atoms with Crippen LogP contribution in [-0.4, -0.2) is 38.7 Å². The number of nitrogens with zero attached hydrogens (tertiary/aromatic N) is 1. The Morgan fingerprint density at radius 2 is 2.00 bits per heavy atom. The number of halogens is 2. The number of amides is 1. The number of ether oxygens (including phenoxy) is 1. The number of methoxy groups -OCH3 is 1. The van der Waals surface area contributed by atoms with Gasteiger partial charge in [0.25, 0.3) is 0 Å². The Bertz CT molecular complexity index is 609. The number of nitrogens with two attached hydrogens (primary N) is 1. The summed E-state index contributed by atoms with van der Waals surface area (Å²) in [6.07, 6.45) is 8.59. The molecule has 1 aromatic rings. The number of rotatable bonds is 6. The molecule has 1 saturated carbocycles. The molecule has 1 aromatic carbocycles. The first-order valence-corrected chi connectivity index (χ1v) is 10.0. The van der Waals surface area contributed by atoms with Gasteiger partial charge in [-0.25, -0.2) is 0 Å². The fraction of sp³-hybridized carbons (Fsp3) is 0.667. The second-order valence-corrected chi connectivity index (χ2v) is 8.00. The van der Waals surface area contributed by atoms with Gasteiger partial charge in [0.15, 0.2) is 0 Å². The van der Waals surface area contributed by atoms with Crippen LogP contribution in [0.3, 0.4) is 0 Å². The summed E-state index contributed by atoms with van der Waals surface area (Å²) in [4.78, 5) is 15.0. The summed E-state index contributed by atoms with van der Waals surface area (Å²) in [7, 11) is 1.69. The highest BCUT2D eigenvalue weighted by molar-refractivity contribution is 5.85. The summed E-state index contributed by atoms with van der Waals surface area (Å²) < 4.78 is 5.34. The van der Waals surface area contributed by atoms with Gasteiger partial charge in [0.2, 0.25) is 5.91 Å². The molecule has 1 amide bonds. The second kappa shape index (κ2) is 11.7. The lowest BCUT2D eigenvalue weighted by Crippen LogP contribution is -2.49. The lowest BCUT2D eigenvalue weighted by Gasteiger charge is -2.38. The summed E-state index contributed by atoms with van der Waals surface area (Å²) in [5.41, 5.74) is 7.24. The van der Waals surface area contributed by atoms with Gasteiger partial charge in [-0.15, -0.1) is 24.8 Å². The Balaban J connectivity index is 0.00000196. The SMILES string of the molecule is COc1cccc(N2CCCC(NC(=O)CC3(CN)CCCCC3)C2)c1.Cl.Cl. The van der Waals surface area contributed by atoms with E-state index in [4.69, 9.17) is 10.5 Å². The smallest absolute Gasteiger partial charge is 0.220 e. The molecule has 5 nitrogen and oxygen atoms in total. The molecule has 1 heterocycles. The highest BCUT2D eigenvalue weighted by Crippen LogP contribution is 2.38. The summed E-state index contributed by atoms with van der Waals surface area (Å²) in [5.74, 6) is 1.05. The number of benzene rings is 1. The lowest BCUT2D eigenvalue weighted by molar-refractivity contribution is -0.124. The van der Waals surface area contributed by atoms with Crippen LogP contribution in [0.4, 0.5) is 5.69 Å². The minimum atomic E-state index is 0. The predicted octanol–water partition coefficient (Wildman–Crippen LogP) is 3.92. The number of carbonyl (C=O) groups is 1. The van der Waals surface area contributed by atoms with E-state index in [1.807, 2.05) is 12.1 Å². The van der Waals surface area contributed by atoms with Gasteiger partial charge in [-0.05, 0) is 49.8 Å². The molecule has 1 atom stereocenters. The molecule has 160 valence electrons. The Morgan fingerprint density at radius 1 is 1.25 bits per heavy atom. The summed E-state index contributed by atoms with van der Waals surface area (Å²) in [6.45, 7) is 2.50. The maximum atomic E-state index is 12.7. The molecule has 2 fully saturated rings. The molecule has 3 rings (SSSR count). The van der Waals surface area contributed by atoms with Crippen molar-refractivity contribution in [1.82, 2.24) is 5.32 Å². The van der Waals surface area contributed by atoms with Crippen molar-refractivity contribution >= 4 is 36.4 Å². The number of anilines is 1. The fourth-order valence-electron chi connectivity index (χ4n) is 4.51. The Morgan fingerprint density at radius 3 is 2.68 bits per heavy atom. The van der Waals surface area contributed by atoms with E-state index in [-0.39, 0.29) is 42.2 Å². The van der Waals surface area contributed by atoms with Crippen molar-refractivity contribution in [2.24, 2.45) is 11.1 Å². The average Bonchev–Trinajstić information content (AvgIpc) is 2.69. The van der Waals surface area contributed by atoms with Gasteiger partial charge in [-0.2, -0.15) is 0 Å². The second-order valence-electron chi connectivity index (χ2n) is 8.00. The van der Waals surface area contributed by atoms with Crippen LogP contribution in [0.15, 0.2) is 24.3 Å². The minimum absolute atomic E-state index is 0. The van der Waals surface area contributed by atoms with Gasteiger partial charge in [-0.1, -0.05) is 25.3 Å². The van der Waals surface area contributed by atoms with E-state index in [2.05, 4.69) is 22.3 Å². The third-order valence-corrected chi connectivity index (χ3v) is 6.09. The van der Waals surface area contributed by atoms with Crippen molar-refractivity contribution in [3.63, 3.8) is 0 Å². The molecule has 1 aliphatic heterocycles. The molecule has 0 spiro atoms. The molecule has 0 radical (unpaired) electrons. The van der Waals surface area contributed by atoms with E-state index in [1.54, 1.807) is 7.11 Å². The highest BCUT2D eigenvalue weighted by Gasteiger charge is 2.33. The zero-order valence-electron chi connectivity index (χ0n) is 16.8. The minimum Gasteiger partial charge on any atom is -0.497 e. The summed E-state index contributed by atoms with van der Waals surface area (Å²) in [6, 6.07) is 8.36. The first kappa shape index (κ1) is 24.9. The zero-order valence-corrected chi connectivity index (χ0v) is 18.5. The van der Waals surface area contributed by atoms with Gasteiger partial charge >= 0.3 is 0 Å². The van der Waals surface area contributed by atoms with Gasteiger partial charge in [0.1, 0.15) is 5.75 Å². The number of nitrogens with one attached hydrogen (secondary N) is 1. The third-order valence-electron chi connectivity index (χ3n) is 6.09. The van der Waals surface area contributed by atoms with Crippen molar-refractivity contribution in [3.8, 4) is 5.75 Å². The van der Waals surface area contributed by atoms with Crippen molar-refractivity contribution < 1.29 is 9.53 Å². The summed E-state index contributed by atoms with van der Waals surface area (Å²) >= 11 is 0. The molecular weight excluding hydrogens is 397 g/mol. The van der Waals surface area contributed by atoms with Crippen molar-refractivity contribution in [1.29, 1.82) is 0 Å².